The predicted molar refractivity (Wildman–Crippen MR) is 80.8 cm³/mol. The van der Waals surface area contributed by atoms with Crippen molar-refractivity contribution in [3.8, 4) is 0 Å². The number of likely N-dealkylation sites (N-methyl/N-ethyl adjacent to an activating group) is 2. The Hall–Kier alpha value is -1.26. The molecule has 4 nitrogen and oxygen atoms in total. The van der Waals surface area contributed by atoms with Gasteiger partial charge in [-0.05, 0) is 25.1 Å². The fraction of sp³-hybridized carbons (Fsp3) is 0.500. The minimum absolute atomic E-state index is 0.0174. The van der Waals surface area contributed by atoms with Gasteiger partial charge in [0.2, 0.25) is 5.91 Å². The number of para-hydroxylation sites is 1. The third-order valence-electron chi connectivity index (χ3n) is 2.95. The largest absolute Gasteiger partial charge is 0.361 e. The summed E-state index contributed by atoms with van der Waals surface area (Å²) in [6.07, 6.45) is 0. The van der Waals surface area contributed by atoms with Crippen LogP contribution >= 0.6 is 11.6 Å². The number of rotatable bonds is 7. The monoisotopic (exact) mass is 283 g/mol. The molecule has 2 N–H and O–H groups in total. The highest BCUT2D eigenvalue weighted by atomic mass is 35.5. The van der Waals surface area contributed by atoms with Gasteiger partial charge < -0.3 is 15.5 Å². The number of nitrogens with one attached hydrogen (secondary N) is 2. The van der Waals surface area contributed by atoms with Gasteiger partial charge in [-0.25, -0.2) is 0 Å². The molecule has 0 spiro atoms. The number of hydrogen-bond acceptors (Lipinski definition) is 3. The van der Waals surface area contributed by atoms with Gasteiger partial charge in [-0.15, -0.1) is 0 Å². The number of anilines is 1. The summed E-state index contributed by atoms with van der Waals surface area (Å²) < 4.78 is 0. The average Bonchev–Trinajstić information content (AvgIpc) is 2.42. The van der Waals surface area contributed by atoms with Crippen molar-refractivity contribution in [1.29, 1.82) is 0 Å². The molecular formula is C14H22ClN3O. The van der Waals surface area contributed by atoms with Gasteiger partial charge in [0, 0.05) is 20.1 Å². The first kappa shape index (κ1) is 15.8. The minimum Gasteiger partial charge on any atom is -0.361 e. The average molecular weight is 284 g/mol. The summed E-state index contributed by atoms with van der Waals surface area (Å²) in [6, 6.07) is 5.83. The maximum Gasteiger partial charge on any atom is 0.239 e. The Morgan fingerprint density at radius 1 is 1.37 bits per heavy atom. The minimum atomic E-state index is -0.0174. The summed E-state index contributed by atoms with van der Waals surface area (Å²) in [4.78, 5) is 13.6. The predicted octanol–water partition coefficient (Wildman–Crippen LogP) is 2.02. The highest BCUT2D eigenvalue weighted by Crippen LogP contribution is 2.29. The standard InChI is InChI=1S/C14H22ClN3O/c1-4-17-9-11-7-6-8-12(15)14(11)18(5-2)10-13(19)16-3/h6-8,17H,4-5,9-10H2,1-3H3,(H,16,19). The Kier molecular flexibility index (Phi) is 6.67. The van der Waals surface area contributed by atoms with Crippen molar-refractivity contribution in [2.45, 2.75) is 20.4 Å². The molecule has 0 aliphatic heterocycles. The second kappa shape index (κ2) is 8.02. The van der Waals surface area contributed by atoms with Gasteiger partial charge in [0.25, 0.3) is 0 Å². The molecule has 0 saturated heterocycles. The van der Waals surface area contributed by atoms with Crippen LogP contribution < -0.4 is 15.5 Å². The molecule has 1 amide bonds. The number of halogens is 1. The summed E-state index contributed by atoms with van der Waals surface area (Å²) in [5, 5.41) is 6.62. The van der Waals surface area contributed by atoms with E-state index in [2.05, 4.69) is 17.6 Å². The molecule has 0 fully saturated rings. The van der Waals surface area contributed by atoms with Gasteiger partial charge in [0.1, 0.15) is 0 Å². The van der Waals surface area contributed by atoms with Crippen LogP contribution in [0, 0.1) is 0 Å². The zero-order chi connectivity index (χ0) is 14.3. The molecule has 0 unspecified atom stereocenters. The van der Waals surface area contributed by atoms with E-state index in [9.17, 15) is 4.79 Å². The van der Waals surface area contributed by atoms with Gasteiger partial charge in [-0.3, -0.25) is 4.79 Å². The molecule has 0 aliphatic carbocycles. The van der Waals surface area contributed by atoms with E-state index < -0.39 is 0 Å². The third kappa shape index (κ3) is 4.40. The summed E-state index contributed by atoms with van der Waals surface area (Å²) >= 11 is 6.31. The van der Waals surface area contributed by atoms with Crippen LogP contribution in [-0.4, -0.2) is 32.6 Å². The highest BCUT2D eigenvalue weighted by Gasteiger charge is 2.15. The first-order chi connectivity index (χ1) is 9.13. The summed E-state index contributed by atoms with van der Waals surface area (Å²) in [7, 11) is 1.64. The van der Waals surface area contributed by atoms with E-state index in [1.165, 1.54) is 0 Å². The Bertz CT molecular complexity index is 423. The molecule has 0 aromatic heterocycles. The molecule has 0 aliphatic rings. The van der Waals surface area contributed by atoms with Crippen molar-refractivity contribution < 1.29 is 4.79 Å². The number of amides is 1. The van der Waals surface area contributed by atoms with Crippen LogP contribution in [0.1, 0.15) is 19.4 Å². The van der Waals surface area contributed by atoms with Crippen LogP contribution in [0.25, 0.3) is 0 Å². The SMILES string of the molecule is CCNCc1cccc(Cl)c1N(CC)CC(=O)NC. The van der Waals surface area contributed by atoms with E-state index in [4.69, 9.17) is 11.6 Å². The maximum atomic E-state index is 11.6. The zero-order valence-corrected chi connectivity index (χ0v) is 12.5. The lowest BCUT2D eigenvalue weighted by atomic mass is 10.1. The van der Waals surface area contributed by atoms with Gasteiger partial charge in [0.05, 0.1) is 17.3 Å². The van der Waals surface area contributed by atoms with Gasteiger partial charge in [0.15, 0.2) is 0 Å². The van der Waals surface area contributed by atoms with E-state index >= 15 is 0 Å². The van der Waals surface area contributed by atoms with E-state index in [1.54, 1.807) is 7.05 Å². The molecule has 5 heteroatoms. The second-order valence-corrected chi connectivity index (χ2v) is 4.62. The Morgan fingerprint density at radius 2 is 2.11 bits per heavy atom. The lowest BCUT2D eigenvalue weighted by molar-refractivity contribution is -0.119. The van der Waals surface area contributed by atoms with Crippen molar-refractivity contribution >= 4 is 23.2 Å². The molecule has 0 heterocycles. The highest BCUT2D eigenvalue weighted by molar-refractivity contribution is 6.33. The van der Waals surface area contributed by atoms with Crippen molar-refractivity contribution in [2.75, 3.05) is 31.6 Å². The maximum absolute atomic E-state index is 11.6. The smallest absolute Gasteiger partial charge is 0.239 e. The first-order valence-electron chi connectivity index (χ1n) is 6.57. The van der Waals surface area contributed by atoms with Crippen LogP contribution in [0.2, 0.25) is 5.02 Å². The lowest BCUT2D eigenvalue weighted by Crippen LogP contribution is -2.36. The normalized spacial score (nSPS) is 10.3. The number of benzene rings is 1. The molecular weight excluding hydrogens is 262 g/mol. The van der Waals surface area contributed by atoms with Crippen molar-refractivity contribution in [3.05, 3.63) is 28.8 Å². The van der Waals surface area contributed by atoms with E-state index in [0.29, 0.717) is 11.6 Å². The number of nitrogens with zero attached hydrogens (tertiary/aromatic N) is 1. The second-order valence-electron chi connectivity index (χ2n) is 4.22. The molecule has 0 radical (unpaired) electrons. The molecule has 0 bridgehead atoms. The number of carbonyl (C=O) groups is 1. The van der Waals surface area contributed by atoms with Gasteiger partial charge in [-0.1, -0.05) is 30.7 Å². The molecule has 1 aromatic rings. The van der Waals surface area contributed by atoms with Crippen LogP contribution in [-0.2, 0) is 11.3 Å². The van der Waals surface area contributed by atoms with Gasteiger partial charge >= 0.3 is 0 Å². The van der Waals surface area contributed by atoms with Crippen LogP contribution in [0.4, 0.5) is 5.69 Å². The number of carbonyl (C=O) groups excluding carboxylic acids is 1. The topological polar surface area (TPSA) is 44.4 Å². The molecule has 1 rings (SSSR count). The Labute approximate surface area is 120 Å². The fourth-order valence-corrected chi connectivity index (χ4v) is 2.23. The molecule has 0 atom stereocenters. The van der Waals surface area contributed by atoms with Crippen LogP contribution in [0.3, 0.4) is 0 Å². The quantitative estimate of drug-likeness (QED) is 0.805. The van der Waals surface area contributed by atoms with E-state index in [0.717, 1.165) is 30.9 Å². The Morgan fingerprint density at radius 3 is 2.68 bits per heavy atom. The molecule has 1 aromatic carbocycles. The van der Waals surface area contributed by atoms with Crippen LogP contribution in [0.5, 0.6) is 0 Å². The fourth-order valence-electron chi connectivity index (χ4n) is 1.92. The van der Waals surface area contributed by atoms with Crippen molar-refractivity contribution in [2.24, 2.45) is 0 Å². The molecule has 106 valence electrons. The lowest BCUT2D eigenvalue weighted by Gasteiger charge is -2.26. The van der Waals surface area contributed by atoms with E-state index in [1.807, 2.05) is 30.0 Å². The van der Waals surface area contributed by atoms with Gasteiger partial charge in [-0.2, -0.15) is 0 Å². The summed E-state index contributed by atoms with van der Waals surface area (Å²) in [6.45, 7) is 6.77. The first-order valence-corrected chi connectivity index (χ1v) is 6.95. The third-order valence-corrected chi connectivity index (χ3v) is 3.25. The molecule has 0 saturated carbocycles. The van der Waals surface area contributed by atoms with E-state index in [-0.39, 0.29) is 5.91 Å². The number of hydrogen-bond donors (Lipinski definition) is 2. The Balaban J connectivity index is 3.02. The summed E-state index contributed by atoms with van der Waals surface area (Å²) in [5.74, 6) is -0.0174. The molecule has 19 heavy (non-hydrogen) atoms. The van der Waals surface area contributed by atoms with Crippen LogP contribution in [0.15, 0.2) is 18.2 Å². The zero-order valence-electron chi connectivity index (χ0n) is 11.8. The van der Waals surface area contributed by atoms with Crippen molar-refractivity contribution in [1.82, 2.24) is 10.6 Å². The summed E-state index contributed by atoms with van der Waals surface area (Å²) in [5.41, 5.74) is 2.05. The van der Waals surface area contributed by atoms with Crippen molar-refractivity contribution in [3.63, 3.8) is 0 Å².